The van der Waals surface area contributed by atoms with E-state index in [0.29, 0.717) is 23.8 Å². The van der Waals surface area contributed by atoms with Crippen molar-refractivity contribution in [2.75, 3.05) is 35.6 Å². The zero-order valence-corrected chi connectivity index (χ0v) is 22.5. The lowest BCUT2D eigenvalue weighted by Crippen LogP contribution is -2.22. The summed E-state index contributed by atoms with van der Waals surface area (Å²) in [5.41, 5.74) is 0.130. The largest absolute Gasteiger partial charge is 0.392 e. The van der Waals surface area contributed by atoms with Crippen LogP contribution in [-0.4, -0.2) is 66.3 Å². The van der Waals surface area contributed by atoms with E-state index < -0.39 is 46.0 Å². The van der Waals surface area contributed by atoms with Gasteiger partial charge in [-0.05, 0) is 38.0 Å². The molecule has 3 aromatic rings. The highest BCUT2D eigenvalue weighted by Crippen LogP contribution is 2.42. The Morgan fingerprint density at radius 3 is 2.64 bits per heavy atom. The van der Waals surface area contributed by atoms with Gasteiger partial charge in [-0.3, -0.25) is 4.72 Å². The number of halogens is 4. The molecule has 0 saturated carbocycles. The molecule has 1 fully saturated rings. The first-order valence-electron chi connectivity index (χ1n) is 12.1. The molecule has 0 bridgehead atoms. The summed E-state index contributed by atoms with van der Waals surface area (Å²) in [7, 11) is -4.47. The molecule has 212 valence electrons. The van der Waals surface area contributed by atoms with Gasteiger partial charge in [0.1, 0.15) is 0 Å². The van der Waals surface area contributed by atoms with E-state index in [1.54, 1.807) is 13.0 Å². The van der Waals surface area contributed by atoms with Gasteiger partial charge in [0.05, 0.1) is 45.2 Å². The summed E-state index contributed by atoms with van der Waals surface area (Å²) in [4.78, 5) is 13.9. The van der Waals surface area contributed by atoms with E-state index >= 15 is 4.39 Å². The topological polar surface area (TPSA) is 126 Å². The lowest BCUT2D eigenvalue weighted by atomic mass is 10.0. The summed E-state index contributed by atoms with van der Waals surface area (Å²) in [6.07, 6.45) is -3.93. The van der Waals surface area contributed by atoms with Gasteiger partial charge in [-0.25, -0.2) is 27.8 Å². The molecule has 0 radical (unpaired) electrons. The molecule has 1 aliphatic rings. The standard InChI is InChI=1S/C24H27F4N5O4S2/c1-14(34)13-30-23-29-9-5-18(31-23)21-20(32-22(38-21)15-6-10-37-11-7-15)16-3-2-4-17(19(16)25)33-39(35,36)12-8-24(26,27)28/h2-5,9,14-15,33-34H,6-8,10-13H2,1H3,(H,29,30,31)/t14-/m1/s1. The zero-order chi connectivity index (χ0) is 28.2. The number of ether oxygens (including phenoxy) is 1. The number of hydrogen-bond acceptors (Lipinski definition) is 9. The van der Waals surface area contributed by atoms with Crippen molar-refractivity contribution in [2.24, 2.45) is 0 Å². The van der Waals surface area contributed by atoms with Crippen LogP contribution in [0.4, 0.5) is 29.2 Å². The van der Waals surface area contributed by atoms with E-state index in [4.69, 9.17) is 9.72 Å². The van der Waals surface area contributed by atoms with Gasteiger partial charge >= 0.3 is 6.18 Å². The third kappa shape index (κ3) is 7.84. The number of rotatable bonds is 10. The lowest BCUT2D eigenvalue weighted by molar-refractivity contribution is -0.129. The molecule has 1 atom stereocenters. The highest BCUT2D eigenvalue weighted by molar-refractivity contribution is 7.92. The minimum Gasteiger partial charge on any atom is -0.392 e. The number of aliphatic hydroxyl groups is 1. The van der Waals surface area contributed by atoms with Crippen LogP contribution in [0.2, 0.25) is 0 Å². The molecular formula is C24H27F4N5O4S2. The van der Waals surface area contributed by atoms with Gasteiger partial charge in [0, 0.05) is 37.4 Å². The third-order valence-electron chi connectivity index (χ3n) is 5.83. The summed E-state index contributed by atoms with van der Waals surface area (Å²) < 4.78 is 85.3. The quantitative estimate of drug-likeness (QED) is 0.288. The summed E-state index contributed by atoms with van der Waals surface area (Å²) in [5.74, 6) is -1.90. The monoisotopic (exact) mass is 589 g/mol. The zero-order valence-electron chi connectivity index (χ0n) is 20.8. The molecule has 2 aromatic heterocycles. The molecule has 3 heterocycles. The Hall–Kier alpha value is -2.88. The van der Waals surface area contributed by atoms with Gasteiger partial charge < -0.3 is 15.2 Å². The number of aliphatic hydroxyl groups excluding tert-OH is 1. The number of hydrogen-bond donors (Lipinski definition) is 3. The molecule has 15 heteroatoms. The Kier molecular flexibility index (Phi) is 9.03. The number of nitrogens with zero attached hydrogens (tertiary/aromatic N) is 3. The molecule has 1 aromatic carbocycles. The van der Waals surface area contributed by atoms with Crippen molar-refractivity contribution in [3.05, 3.63) is 41.3 Å². The maximum atomic E-state index is 15.7. The summed E-state index contributed by atoms with van der Waals surface area (Å²) in [6.45, 7) is 2.92. The smallest absolute Gasteiger partial charge is 0.390 e. The van der Waals surface area contributed by atoms with Crippen molar-refractivity contribution >= 4 is 33.0 Å². The van der Waals surface area contributed by atoms with Crippen LogP contribution in [0.1, 0.15) is 37.1 Å². The SMILES string of the molecule is C[C@@H](O)CNc1nccc(-c2sc(C3CCOCC3)nc2-c2cccc(NS(=O)(=O)CCC(F)(F)F)c2F)n1. The number of alkyl halides is 3. The van der Waals surface area contributed by atoms with Gasteiger partial charge in [-0.15, -0.1) is 11.3 Å². The molecule has 0 unspecified atom stereocenters. The molecule has 3 N–H and O–H groups in total. The van der Waals surface area contributed by atoms with E-state index in [0.717, 1.165) is 23.9 Å². The van der Waals surface area contributed by atoms with Crippen LogP contribution in [0.3, 0.4) is 0 Å². The lowest BCUT2D eigenvalue weighted by Gasteiger charge is -2.19. The predicted molar refractivity (Wildman–Crippen MR) is 140 cm³/mol. The first kappa shape index (κ1) is 29.1. The number of nitrogens with one attached hydrogen (secondary N) is 2. The summed E-state index contributed by atoms with van der Waals surface area (Å²) >= 11 is 1.32. The first-order chi connectivity index (χ1) is 18.4. The fraction of sp³-hybridized carbons (Fsp3) is 0.458. The maximum absolute atomic E-state index is 15.7. The average molecular weight is 590 g/mol. The van der Waals surface area contributed by atoms with Crippen molar-refractivity contribution < 1.29 is 35.8 Å². The molecular weight excluding hydrogens is 562 g/mol. The Labute approximate surface area is 226 Å². The van der Waals surface area contributed by atoms with Crippen LogP contribution in [0.25, 0.3) is 21.8 Å². The average Bonchev–Trinajstić information content (AvgIpc) is 3.33. The van der Waals surface area contributed by atoms with Gasteiger partial charge in [-0.1, -0.05) is 6.07 Å². The van der Waals surface area contributed by atoms with Gasteiger partial charge in [0.15, 0.2) is 5.82 Å². The molecule has 39 heavy (non-hydrogen) atoms. The van der Waals surface area contributed by atoms with Crippen molar-refractivity contribution in [3.63, 3.8) is 0 Å². The van der Waals surface area contributed by atoms with E-state index in [9.17, 15) is 26.7 Å². The van der Waals surface area contributed by atoms with Crippen LogP contribution >= 0.6 is 11.3 Å². The van der Waals surface area contributed by atoms with Crippen LogP contribution in [0.15, 0.2) is 30.5 Å². The molecule has 9 nitrogen and oxygen atoms in total. The van der Waals surface area contributed by atoms with Crippen molar-refractivity contribution in [3.8, 4) is 21.8 Å². The Balaban J connectivity index is 1.73. The van der Waals surface area contributed by atoms with Gasteiger partial charge in [-0.2, -0.15) is 13.2 Å². The second kappa shape index (κ2) is 12.1. The second-order valence-corrected chi connectivity index (χ2v) is 11.9. The van der Waals surface area contributed by atoms with Gasteiger partial charge in [0.25, 0.3) is 0 Å². The molecule has 0 aliphatic carbocycles. The van der Waals surface area contributed by atoms with E-state index in [1.165, 1.54) is 29.7 Å². The van der Waals surface area contributed by atoms with Gasteiger partial charge in [0.2, 0.25) is 16.0 Å². The molecule has 1 aliphatic heterocycles. The fourth-order valence-corrected chi connectivity index (χ4v) is 6.20. The molecule has 0 amide bonds. The Morgan fingerprint density at radius 2 is 1.95 bits per heavy atom. The fourth-order valence-electron chi connectivity index (χ4n) is 3.88. The first-order valence-corrected chi connectivity index (χ1v) is 14.6. The van der Waals surface area contributed by atoms with Crippen molar-refractivity contribution in [1.82, 2.24) is 15.0 Å². The Morgan fingerprint density at radius 1 is 1.21 bits per heavy atom. The van der Waals surface area contributed by atoms with Crippen LogP contribution < -0.4 is 10.0 Å². The van der Waals surface area contributed by atoms with E-state index in [1.807, 2.05) is 4.72 Å². The van der Waals surface area contributed by atoms with Crippen molar-refractivity contribution in [1.29, 1.82) is 0 Å². The Bertz CT molecular complexity index is 1390. The predicted octanol–water partition coefficient (Wildman–Crippen LogP) is 4.79. The minimum atomic E-state index is -4.67. The number of anilines is 2. The maximum Gasteiger partial charge on any atom is 0.390 e. The van der Waals surface area contributed by atoms with Crippen molar-refractivity contribution in [2.45, 2.75) is 44.4 Å². The normalized spacial score (nSPS) is 15.7. The summed E-state index contributed by atoms with van der Waals surface area (Å²) in [6, 6.07) is 5.58. The molecule has 1 saturated heterocycles. The molecule has 0 spiro atoms. The van der Waals surface area contributed by atoms with E-state index in [-0.39, 0.29) is 29.7 Å². The third-order valence-corrected chi connectivity index (χ3v) is 8.34. The number of sulfonamides is 1. The number of aromatic nitrogens is 3. The van der Waals surface area contributed by atoms with E-state index in [2.05, 4.69) is 15.3 Å². The second-order valence-electron chi connectivity index (χ2n) is 9.07. The minimum absolute atomic E-state index is 0.0346. The van der Waals surface area contributed by atoms with Crippen LogP contribution in [0.5, 0.6) is 0 Å². The van der Waals surface area contributed by atoms with Crippen LogP contribution in [-0.2, 0) is 14.8 Å². The number of benzene rings is 1. The number of thiazole rings is 1. The summed E-state index contributed by atoms with van der Waals surface area (Å²) in [5, 5.41) is 13.2. The highest BCUT2D eigenvalue weighted by atomic mass is 32.2. The molecule has 4 rings (SSSR count). The highest BCUT2D eigenvalue weighted by Gasteiger charge is 2.31. The van der Waals surface area contributed by atoms with Crippen LogP contribution in [0, 0.1) is 5.82 Å².